The maximum atomic E-state index is 11.1. The summed E-state index contributed by atoms with van der Waals surface area (Å²) in [4.78, 5) is 4.16. The molecule has 2 N–H and O–H groups in total. The molecule has 0 fully saturated rings. The van der Waals surface area contributed by atoms with Crippen molar-refractivity contribution in [2.75, 3.05) is 0 Å². The molecule has 0 aliphatic carbocycles. The number of sulfonamides is 1. The molecule has 1 aromatic carbocycles. The van der Waals surface area contributed by atoms with Gasteiger partial charge in [-0.3, -0.25) is 0 Å². The van der Waals surface area contributed by atoms with Crippen molar-refractivity contribution in [1.82, 2.24) is 10.2 Å². The van der Waals surface area contributed by atoms with Gasteiger partial charge in [-0.25, -0.2) is 18.5 Å². The minimum atomic E-state index is -3.82. The van der Waals surface area contributed by atoms with Crippen molar-refractivity contribution in [2.45, 2.75) is 11.3 Å². The van der Waals surface area contributed by atoms with Crippen LogP contribution in [0.15, 0.2) is 45.7 Å². The van der Waals surface area contributed by atoms with Gasteiger partial charge in [0.25, 0.3) is 10.0 Å². The zero-order chi connectivity index (χ0) is 14.6. The summed E-state index contributed by atoms with van der Waals surface area (Å²) in [5.74, 6) is 0. The van der Waals surface area contributed by atoms with E-state index in [9.17, 15) is 8.42 Å². The molecule has 2 rings (SSSR count). The maximum Gasteiger partial charge on any atom is 0.267 e. The van der Waals surface area contributed by atoms with Crippen LogP contribution in [-0.4, -0.2) is 24.3 Å². The number of benzene rings is 1. The maximum absolute atomic E-state index is 11.1. The third kappa shape index (κ3) is 4.05. The fourth-order valence-corrected chi connectivity index (χ4v) is 2.68. The largest absolute Gasteiger partial charge is 0.267 e. The molecule has 0 unspecified atom stereocenters. The molecule has 8 heteroatoms. The van der Waals surface area contributed by atoms with E-state index in [1.54, 1.807) is 6.92 Å². The number of aliphatic imine (C=N–C) groups is 1. The van der Waals surface area contributed by atoms with Crippen molar-refractivity contribution in [1.29, 1.82) is 0 Å². The number of rotatable bonds is 4. The second-order valence-corrected chi connectivity index (χ2v) is 6.58. The molecule has 1 aromatic heterocycles. The first kappa shape index (κ1) is 14.5. The Balaban J connectivity index is 2.15. The van der Waals surface area contributed by atoms with E-state index in [1.807, 2.05) is 42.5 Å². The van der Waals surface area contributed by atoms with Gasteiger partial charge in [-0.2, -0.15) is 0 Å². The summed E-state index contributed by atoms with van der Waals surface area (Å²) in [6.07, 6.45) is 3.72. The molecule has 0 saturated heterocycles. The smallest absolute Gasteiger partial charge is 0.223 e. The lowest BCUT2D eigenvalue weighted by Gasteiger charge is -1.92. The van der Waals surface area contributed by atoms with Crippen LogP contribution in [0.4, 0.5) is 5.13 Å². The molecule has 0 saturated carbocycles. The van der Waals surface area contributed by atoms with Crippen LogP contribution in [-0.2, 0) is 10.0 Å². The summed E-state index contributed by atoms with van der Waals surface area (Å²) >= 11 is 0.833. The number of aromatic nitrogens is 2. The van der Waals surface area contributed by atoms with Crippen molar-refractivity contribution in [2.24, 2.45) is 10.1 Å². The SMILES string of the molecule is CC(/C=C/c1ccccc1)=N\c1nnc(S(N)(=O)=O)s1. The lowest BCUT2D eigenvalue weighted by atomic mass is 10.2. The van der Waals surface area contributed by atoms with E-state index in [-0.39, 0.29) is 9.47 Å². The Morgan fingerprint density at radius 2 is 2.00 bits per heavy atom. The third-order valence-electron chi connectivity index (χ3n) is 2.23. The highest BCUT2D eigenvalue weighted by molar-refractivity contribution is 7.91. The first-order chi connectivity index (χ1) is 9.45. The van der Waals surface area contributed by atoms with Crippen LogP contribution in [0, 0.1) is 0 Å². The zero-order valence-corrected chi connectivity index (χ0v) is 12.2. The first-order valence-corrected chi connectivity index (χ1v) is 7.96. The van der Waals surface area contributed by atoms with Crippen molar-refractivity contribution < 1.29 is 8.42 Å². The molecular weight excluding hydrogens is 296 g/mol. The molecule has 0 spiro atoms. The van der Waals surface area contributed by atoms with Gasteiger partial charge in [-0.1, -0.05) is 47.7 Å². The number of nitrogens with two attached hydrogens (primary N) is 1. The first-order valence-electron chi connectivity index (χ1n) is 5.60. The average molecular weight is 308 g/mol. The second-order valence-electron chi connectivity index (χ2n) is 3.89. The van der Waals surface area contributed by atoms with Crippen LogP contribution in [0.25, 0.3) is 6.08 Å². The number of nitrogens with zero attached hydrogens (tertiary/aromatic N) is 3. The Morgan fingerprint density at radius 3 is 2.60 bits per heavy atom. The highest BCUT2D eigenvalue weighted by atomic mass is 32.2. The van der Waals surface area contributed by atoms with Gasteiger partial charge in [0, 0.05) is 5.71 Å². The van der Waals surface area contributed by atoms with Gasteiger partial charge >= 0.3 is 0 Å². The summed E-state index contributed by atoms with van der Waals surface area (Å²) in [6.45, 7) is 1.79. The molecule has 20 heavy (non-hydrogen) atoms. The second kappa shape index (κ2) is 6.04. The molecule has 104 valence electrons. The molecule has 0 aliphatic heterocycles. The summed E-state index contributed by atoms with van der Waals surface area (Å²) in [6, 6.07) is 9.75. The van der Waals surface area contributed by atoms with Crippen LogP contribution in [0.5, 0.6) is 0 Å². The number of hydrogen-bond donors (Lipinski definition) is 1. The molecule has 1 heterocycles. The Hall–Kier alpha value is -1.90. The minimum Gasteiger partial charge on any atom is -0.223 e. The fraction of sp³-hybridized carbons (Fsp3) is 0.0833. The Morgan fingerprint density at radius 1 is 1.30 bits per heavy atom. The lowest BCUT2D eigenvalue weighted by molar-refractivity contribution is 0.596. The van der Waals surface area contributed by atoms with E-state index in [2.05, 4.69) is 15.2 Å². The highest BCUT2D eigenvalue weighted by Gasteiger charge is 2.14. The van der Waals surface area contributed by atoms with Gasteiger partial charge in [0.05, 0.1) is 0 Å². The summed E-state index contributed by atoms with van der Waals surface area (Å²) < 4.78 is 21.9. The monoisotopic (exact) mass is 308 g/mol. The van der Waals surface area contributed by atoms with E-state index in [0.29, 0.717) is 5.71 Å². The van der Waals surface area contributed by atoms with E-state index in [4.69, 9.17) is 5.14 Å². The molecule has 0 aliphatic rings. The molecule has 0 amide bonds. The van der Waals surface area contributed by atoms with Crippen molar-refractivity contribution in [3.8, 4) is 0 Å². The highest BCUT2D eigenvalue weighted by Crippen LogP contribution is 2.21. The van der Waals surface area contributed by atoms with E-state index < -0.39 is 10.0 Å². The molecule has 0 atom stereocenters. The summed E-state index contributed by atoms with van der Waals surface area (Å²) in [7, 11) is -3.82. The van der Waals surface area contributed by atoms with Crippen LogP contribution < -0.4 is 5.14 Å². The van der Waals surface area contributed by atoms with Crippen LogP contribution in [0.2, 0.25) is 0 Å². The molecule has 2 aromatic rings. The summed E-state index contributed by atoms with van der Waals surface area (Å²) in [5, 5.41) is 12.4. The zero-order valence-electron chi connectivity index (χ0n) is 10.6. The van der Waals surface area contributed by atoms with Crippen molar-refractivity contribution in [3.63, 3.8) is 0 Å². The van der Waals surface area contributed by atoms with Gasteiger partial charge in [0.1, 0.15) is 0 Å². The van der Waals surface area contributed by atoms with Gasteiger partial charge in [-0.05, 0) is 18.6 Å². The van der Waals surface area contributed by atoms with Crippen molar-refractivity contribution in [3.05, 3.63) is 42.0 Å². The van der Waals surface area contributed by atoms with Crippen LogP contribution >= 0.6 is 11.3 Å². The number of primary sulfonamides is 1. The van der Waals surface area contributed by atoms with Crippen LogP contribution in [0.3, 0.4) is 0 Å². The predicted molar refractivity (Wildman–Crippen MR) is 79.5 cm³/mol. The van der Waals surface area contributed by atoms with Crippen LogP contribution in [0.1, 0.15) is 12.5 Å². The molecular formula is C12H12N4O2S2. The van der Waals surface area contributed by atoms with Gasteiger partial charge in [-0.15, -0.1) is 10.2 Å². The quantitative estimate of drug-likeness (QED) is 0.873. The van der Waals surface area contributed by atoms with Gasteiger partial charge in [0.2, 0.25) is 9.47 Å². The van der Waals surface area contributed by atoms with E-state index >= 15 is 0 Å². The van der Waals surface area contributed by atoms with Crippen molar-refractivity contribution >= 4 is 38.3 Å². The Kier molecular flexibility index (Phi) is 4.38. The number of allylic oxidation sites excluding steroid dienone is 1. The molecule has 0 bridgehead atoms. The van der Waals surface area contributed by atoms with Gasteiger partial charge in [0.15, 0.2) is 0 Å². The predicted octanol–water partition coefficient (Wildman–Crippen LogP) is 1.99. The third-order valence-corrected chi connectivity index (χ3v) is 4.35. The minimum absolute atomic E-state index is 0.240. The molecule has 6 nitrogen and oxygen atoms in total. The topological polar surface area (TPSA) is 98.3 Å². The standard InChI is InChI=1S/C12H12N4O2S2/c1-9(7-8-10-5-3-2-4-6-10)14-11-15-16-12(19-11)20(13,17)18/h2-8H,1H3,(H2,13,17,18)/b8-7+,14-9+. The van der Waals surface area contributed by atoms with E-state index in [1.165, 1.54) is 0 Å². The number of hydrogen-bond acceptors (Lipinski definition) is 6. The normalized spacial score (nSPS) is 13.0. The Bertz CT molecular complexity index is 749. The fourth-order valence-electron chi connectivity index (χ4n) is 1.33. The molecule has 0 radical (unpaired) electrons. The average Bonchev–Trinajstić information content (AvgIpc) is 2.86. The van der Waals surface area contributed by atoms with E-state index in [0.717, 1.165) is 16.9 Å². The Labute approximate surface area is 120 Å². The van der Waals surface area contributed by atoms with Gasteiger partial charge < -0.3 is 0 Å². The summed E-state index contributed by atoms with van der Waals surface area (Å²) in [5.41, 5.74) is 1.73. The lowest BCUT2D eigenvalue weighted by Crippen LogP contribution is -2.11.